The van der Waals surface area contributed by atoms with Crippen LogP contribution in [0.2, 0.25) is 10.0 Å². The zero-order chi connectivity index (χ0) is 28.7. The predicted octanol–water partition coefficient (Wildman–Crippen LogP) is 5.83. The molecule has 0 aliphatic rings. The van der Waals surface area contributed by atoms with Crippen molar-refractivity contribution in [3.05, 3.63) is 94.0 Å². The van der Waals surface area contributed by atoms with Gasteiger partial charge in [0.05, 0.1) is 10.6 Å². The van der Waals surface area contributed by atoms with Crippen molar-refractivity contribution in [1.82, 2.24) is 10.2 Å². The van der Waals surface area contributed by atoms with Gasteiger partial charge in [0, 0.05) is 22.6 Å². The molecule has 0 aliphatic carbocycles. The number of anilines is 1. The largest absolute Gasteiger partial charge is 0.352 e. The monoisotopic (exact) mass is 589 g/mol. The average Bonchev–Trinajstić information content (AvgIpc) is 2.89. The summed E-state index contributed by atoms with van der Waals surface area (Å²) in [5.41, 5.74) is 1.82. The number of nitrogens with one attached hydrogen (secondary N) is 1. The highest BCUT2D eigenvalue weighted by Crippen LogP contribution is 2.30. The van der Waals surface area contributed by atoms with Gasteiger partial charge >= 0.3 is 0 Å². The van der Waals surface area contributed by atoms with E-state index >= 15 is 0 Å². The van der Waals surface area contributed by atoms with Crippen LogP contribution in [0.5, 0.6) is 0 Å². The maximum atomic E-state index is 13.9. The molecule has 208 valence electrons. The van der Waals surface area contributed by atoms with Crippen molar-refractivity contribution in [2.24, 2.45) is 0 Å². The molecule has 39 heavy (non-hydrogen) atoms. The third-order valence-electron chi connectivity index (χ3n) is 6.39. The number of hydrogen-bond acceptors (Lipinski definition) is 4. The topological polar surface area (TPSA) is 86.8 Å². The Morgan fingerprint density at radius 3 is 2.08 bits per heavy atom. The molecule has 0 radical (unpaired) electrons. The summed E-state index contributed by atoms with van der Waals surface area (Å²) < 4.78 is 28.7. The van der Waals surface area contributed by atoms with Crippen molar-refractivity contribution in [3.8, 4) is 0 Å². The summed E-state index contributed by atoms with van der Waals surface area (Å²) in [6, 6.07) is 19.0. The number of carbonyl (C=O) groups is 2. The first kappa shape index (κ1) is 30.5. The minimum Gasteiger partial charge on any atom is -0.352 e. The summed E-state index contributed by atoms with van der Waals surface area (Å²) in [5, 5.41) is 3.35. The van der Waals surface area contributed by atoms with Crippen molar-refractivity contribution in [2.45, 2.75) is 57.6 Å². The van der Waals surface area contributed by atoms with E-state index in [4.69, 9.17) is 23.2 Å². The Bertz CT molecular complexity index is 1380. The van der Waals surface area contributed by atoms with Crippen molar-refractivity contribution >= 4 is 50.7 Å². The SMILES string of the molecule is CCC(C)NC(=O)C(C)N(Cc1ccccc1)C(=O)CN(c1cc(Cl)cc(Cl)c1)S(=O)(=O)c1ccc(C)cc1. The number of aryl methyl sites for hydroxylation is 1. The van der Waals surface area contributed by atoms with Gasteiger partial charge in [-0.05, 0) is 63.1 Å². The van der Waals surface area contributed by atoms with Gasteiger partial charge in [-0.15, -0.1) is 0 Å². The highest BCUT2D eigenvalue weighted by Gasteiger charge is 2.33. The quantitative estimate of drug-likeness (QED) is 0.305. The Balaban J connectivity index is 2.04. The molecule has 0 spiro atoms. The Labute approximate surface area is 240 Å². The van der Waals surface area contributed by atoms with E-state index in [1.807, 2.05) is 51.1 Å². The summed E-state index contributed by atoms with van der Waals surface area (Å²) >= 11 is 12.4. The molecule has 2 amide bonds. The highest BCUT2D eigenvalue weighted by molar-refractivity contribution is 7.92. The van der Waals surface area contributed by atoms with Crippen LogP contribution in [0.4, 0.5) is 5.69 Å². The van der Waals surface area contributed by atoms with Gasteiger partial charge in [0.15, 0.2) is 0 Å². The number of nitrogens with zero attached hydrogens (tertiary/aromatic N) is 2. The second-order valence-corrected chi connectivity index (χ2v) is 12.2. The minimum absolute atomic E-state index is 0.00849. The van der Waals surface area contributed by atoms with Gasteiger partial charge in [0.2, 0.25) is 11.8 Å². The van der Waals surface area contributed by atoms with E-state index in [9.17, 15) is 18.0 Å². The molecule has 0 bridgehead atoms. The van der Waals surface area contributed by atoms with Crippen LogP contribution in [0.25, 0.3) is 0 Å². The van der Waals surface area contributed by atoms with Crippen molar-refractivity contribution < 1.29 is 18.0 Å². The molecule has 3 aromatic rings. The zero-order valence-electron chi connectivity index (χ0n) is 22.4. The molecule has 10 heteroatoms. The smallest absolute Gasteiger partial charge is 0.264 e. The van der Waals surface area contributed by atoms with Crippen LogP contribution in [-0.4, -0.2) is 43.8 Å². The third-order valence-corrected chi connectivity index (χ3v) is 8.61. The summed E-state index contributed by atoms with van der Waals surface area (Å²) in [5.74, 6) is -0.884. The normalized spacial score (nSPS) is 12.9. The van der Waals surface area contributed by atoms with Crippen molar-refractivity contribution in [3.63, 3.8) is 0 Å². The maximum Gasteiger partial charge on any atom is 0.264 e. The van der Waals surface area contributed by atoms with E-state index in [1.54, 1.807) is 19.1 Å². The van der Waals surface area contributed by atoms with Crippen molar-refractivity contribution in [1.29, 1.82) is 0 Å². The summed E-state index contributed by atoms with van der Waals surface area (Å²) in [4.78, 5) is 28.4. The van der Waals surface area contributed by atoms with Gasteiger partial charge in [-0.25, -0.2) is 8.42 Å². The van der Waals surface area contributed by atoms with Crippen LogP contribution in [0.15, 0.2) is 77.7 Å². The van der Waals surface area contributed by atoms with E-state index in [0.717, 1.165) is 21.9 Å². The highest BCUT2D eigenvalue weighted by atomic mass is 35.5. The number of sulfonamides is 1. The summed E-state index contributed by atoms with van der Waals surface area (Å²) in [6.45, 7) is 6.86. The molecular formula is C29H33Cl2N3O4S. The molecule has 0 saturated carbocycles. The molecule has 1 N–H and O–H groups in total. The second-order valence-electron chi connectivity index (χ2n) is 9.45. The molecule has 3 aromatic carbocycles. The fraction of sp³-hybridized carbons (Fsp3) is 0.310. The first-order chi connectivity index (χ1) is 18.4. The summed E-state index contributed by atoms with van der Waals surface area (Å²) in [7, 11) is -4.21. The van der Waals surface area contributed by atoms with Crippen LogP contribution in [-0.2, 0) is 26.2 Å². The Morgan fingerprint density at radius 1 is 0.923 bits per heavy atom. The molecule has 3 rings (SSSR count). The first-order valence-electron chi connectivity index (χ1n) is 12.6. The fourth-order valence-corrected chi connectivity index (χ4v) is 5.79. The second kappa shape index (κ2) is 13.3. The Hall–Kier alpha value is -3.07. The van der Waals surface area contributed by atoms with E-state index < -0.39 is 28.5 Å². The van der Waals surface area contributed by atoms with Crippen LogP contribution >= 0.6 is 23.2 Å². The Kier molecular flexibility index (Phi) is 10.4. The van der Waals surface area contributed by atoms with E-state index in [1.165, 1.54) is 35.2 Å². The average molecular weight is 591 g/mol. The maximum absolute atomic E-state index is 13.9. The number of halogens is 2. The molecule has 0 fully saturated rings. The van der Waals surface area contributed by atoms with Gasteiger partial charge in [-0.1, -0.05) is 78.2 Å². The first-order valence-corrected chi connectivity index (χ1v) is 14.8. The number of benzene rings is 3. The lowest BCUT2D eigenvalue weighted by Gasteiger charge is -2.32. The van der Waals surface area contributed by atoms with E-state index in [0.29, 0.717) is 0 Å². The van der Waals surface area contributed by atoms with Gasteiger partial charge in [0.1, 0.15) is 12.6 Å². The van der Waals surface area contributed by atoms with Crippen LogP contribution in [0.1, 0.15) is 38.3 Å². The van der Waals surface area contributed by atoms with Crippen LogP contribution in [0.3, 0.4) is 0 Å². The molecule has 7 nitrogen and oxygen atoms in total. The number of amides is 2. The minimum atomic E-state index is -4.21. The summed E-state index contributed by atoms with van der Waals surface area (Å²) in [6.07, 6.45) is 0.725. The van der Waals surface area contributed by atoms with E-state index in [2.05, 4.69) is 5.32 Å². The lowest BCUT2D eigenvalue weighted by atomic mass is 10.1. The number of carbonyl (C=O) groups excluding carboxylic acids is 2. The molecule has 0 saturated heterocycles. The van der Waals surface area contributed by atoms with E-state index in [-0.39, 0.29) is 39.1 Å². The molecule has 0 heterocycles. The van der Waals surface area contributed by atoms with Gasteiger partial charge in [0.25, 0.3) is 10.0 Å². The van der Waals surface area contributed by atoms with Crippen LogP contribution in [0, 0.1) is 6.92 Å². The zero-order valence-corrected chi connectivity index (χ0v) is 24.7. The van der Waals surface area contributed by atoms with Crippen molar-refractivity contribution in [2.75, 3.05) is 10.8 Å². The predicted molar refractivity (Wildman–Crippen MR) is 157 cm³/mol. The number of hydrogen-bond donors (Lipinski definition) is 1. The lowest BCUT2D eigenvalue weighted by molar-refractivity contribution is -0.139. The Morgan fingerprint density at radius 2 is 1.51 bits per heavy atom. The number of rotatable bonds is 11. The molecule has 0 aliphatic heterocycles. The molecule has 2 unspecified atom stereocenters. The fourth-order valence-electron chi connectivity index (χ4n) is 3.88. The molecule has 0 aromatic heterocycles. The van der Waals surface area contributed by atoms with Gasteiger partial charge < -0.3 is 10.2 Å². The van der Waals surface area contributed by atoms with Gasteiger partial charge in [-0.3, -0.25) is 13.9 Å². The van der Waals surface area contributed by atoms with Gasteiger partial charge in [-0.2, -0.15) is 0 Å². The lowest BCUT2D eigenvalue weighted by Crippen LogP contribution is -2.52. The molecule has 2 atom stereocenters. The van der Waals surface area contributed by atoms with Crippen LogP contribution < -0.4 is 9.62 Å². The molecular weight excluding hydrogens is 557 g/mol. The third kappa shape index (κ3) is 7.97. The standard InChI is InChI=1S/C29H33Cl2N3O4S/c1-5-21(3)32-29(36)22(4)33(18-23-9-7-6-8-10-23)28(35)19-34(26-16-24(30)15-25(31)17-26)39(37,38)27-13-11-20(2)12-14-27/h6-17,21-22H,5,18-19H2,1-4H3,(H,32,36).